The van der Waals surface area contributed by atoms with Crippen molar-refractivity contribution in [2.75, 3.05) is 13.1 Å². The summed E-state index contributed by atoms with van der Waals surface area (Å²) in [5.41, 5.74) is 0. The zero-order valence-corrected chi connectivity index (χ0v) is 9.11. The molecule has 1 heterocycles. The smallest absolute Gasteiger partial charge is 0.371 e. The fourth-order valence-corrected chi connectivity index (χ4v) is 2.73. The first-order valence-electron chi connectivity index (χ1n) is 4.93. The summed E-state index contributed by atoms with van der Waals surface area (Å²) in [6, 6.07) is 8.57. The number of nitrogens with zero attached hydrogens (tertiary/aromatic N) is 1. The molecule has 0 aliphatic carbocycles. The normalized spacial score (nSPS) is 17.9. The third-order valence-electron chi connectivity index (χ3n) is 2.33. The van der Waals surface area contributed by atoms with Crippen LogP contribution in [-0.2, 0) is 10.3 Å². The topological polar surface area (TPSA) is 46.6 Å². The highest BCUT2D eigenvalue weighted by molar-refractivity contribution is 7.84. The van der Waals surface area contributed by atoms with Crippen LogP contribution in [0.25, 0.3) is 0 Å². The number of para-hydroxylation sites is 1. The largest absolute Gasteiger partial charge is 0.385 e. The standard InChI is InChI=1S/C10H13NO3S/c12-15(13,11-8-4-5-9-11)14-10-6-2-1-3-7-10/h1-3,6-7H,4-5,8-9H2. The maximum absolute atomic E-state index is 11.7. The molecule has 1 aliphatic rings. The van der Waals surface area contributed by atoms with Crippen LogP contribution in [-0.4, -0.2) is 25.8 Å². The van der Waals surface area contributed by atoms with Crippen molar-refractivity contribution >= 4 is 10.3 Å². The van der Waals surface area contributed by atoms with Crippen molar-refractivity contribution in [2.45, 2.75) is 12.8 Å². The van der Waals surface area contributed by atoms with Crippen LogP contribution in [0.5, 0.6) is 5.75 Å². The predicted molar refractivity (Wildman–Crippen MR) is 56.8 cm³/mol. The molecule has 0 atom stereocenters. The number of hydrogen-bond acceptors (Lipinski definition) is 3. The van der Waals surface area contributed by atoms with Crippen molar-refractivity contribution in [3.05, 3.63) is 30.3 Å². The van der Waals surface area contributed by atoms with Gasteiger partial charge in [0.25, 0.3) is 0 Å². The Morgan fingerprint density at radius 2 is 1.67 bits per heavy atom. The average Bonchev–Trinajstić information content (AvgIpc) is 2.71. The molecule has 1 saturated heterocycles. The van der Waals surface area contributed by atoms with Crippen molar-refractivity contribution in [2.24, 2.45) is 0 Å². The number of rotatable bonds is 3. The van der Waals surface area contributed by atoms with Gasteiger partial charge in [-0.05, 0) is 25.0 Å². The van der Waals surface area contributed by atoms with Crippen LogP contribution in [0.15, 0.2) is 30.3 Å². The summed E-state index contributed by atoms with van der Waals surface area (Å²) in [6.07, 6.45) is 1.83. The molecule has 1 fully saturated rings. The molecule has 82 valence electrons. The molecule has 0 unspecified atom stereocenters. The van der Waals surface area contributed by atoms with Crippen molar-refractivity contribution in [3.8, 4) is 5.75 Å². The van der Waals surface area contributed by atoms with Crippen LogP contribution in [0.3, 0.4) is 0 Å². The molecule has 4 nitrogen and oxygen atoms in total. The molecule has 0 bridgehead atoms. The fourth-order valence-electron chi connectivity index (χ4n) is 1.56. The molecule has 0 radical (unpaired) electrons. The first kappa shape index (κ1) is 10.4. The molecule has 1 aromatic rings. The number of benzene rings is 1. The Balaban J connectivity index is 2.11. The van der Waals surface area contributed by atoms with Gasteiger partial charge in [0.1, 0.15) is 5.75 Å². The summed E-state index contributed by atoms with van der Waals surface area (Å²) in [5, 5.41) is 0. The van der Waals surface area contributed by atoms with Gasteiger partial charge in [0.2, 0.25) is 0 Å². The second-order valence-corrected chi connectivity index (χ2v) is 5.00. The van der Waals surface area contributed by atoms with E-state index in [4.69, 9.17) is 4.18 Å². The van der Waals surface area contributed by atoms with Gasteiger partial charge in [-0.25, -0.2) is 0 Å². The monoisotopic (exact) mass is 227 g/mol. The molecular weight excluding hydrogens is 214 g/mol. The molecule has 5 heteroatoms. The Morgan fingerprint density at radius 3 is 2.27 bits per heavy atom. The molecule has 1 aromatic carbocycles. The summed E-state index contributed by atoms with van der Waals surface area (Å²) in [6.45, 7) is 1.13. The Morgan fingerprint density at radius 1 is 1.07 bits per heavy atom. The second kappa shape index (κ2) is 4.20. The molecule has 2 rings (SSSR count). The highest BCUT2D eigenvalue weighted by Crippen LogP contribution is 2.18. The second-order valence-electron chi connectivity index (χ2n) is 3.46. The van der Waals surface area contributed by atoms with Crippen molar-refractivity contribution in [1.29, 1.82) is 0 Å². The van der Waals surface area contributed by atoms with Crippen LogP contribution in [0, 0.1) is 0 Å². The first-order chi connectivity index (χ1) is 7.18. The molecule has 15 heavy (non-hydrogen) atoms. The SMILES string of the molecule is O=S(=O)(Oc1ccccc1)N1CCCC1. The van der Waals surface area contributed by atoms with E-state index in [0.717, 1.165) is 12.8 Å². The fraction of sp³-hybridized carbons (Fsp3) is 0.400. The van der Waals surface area contributed by atoms with Gasteiger partial charge >= 0.3 is 10.3 Å². The zero-order valence-electron chi connectivity index (χ0n) is 8.30. The minimum atomic E-state index is -3.58. The summed E-state index contributed by atoms with van der Waals surface area (Å²) >= 11 is 0. The Kier molecular flexibility index (Phi) is 2.93. The summed E-state index contributed by atoms with van der Waals surface area (Å²) in [4.78, 5) is 0. The van der Waals surface area contributed by atoms with Crippen molar-refractivity contribution < 1.29 is 12.6 Å². The maximum atomic E-state index is 11.7. The van der Waals surface area contributed by atoms with E-state index in [-0.39, 0.29) is 0 Å². The van der Waals surface area contributed by atoms with Crippen LogP contribution < -0.4 is 4.18 Å². The zero-order chi connectivity index (χ0) is 10.7. The van der Waals surface area contributed by atoms with E-state index in [0.29, 0.717) is 18.8 Å². The lowest BCUT2D eigenvalue weighted by atomic mass is 10.3. The van der Waals surface area contributed by atoms with Gasteiger partial charge in [0, 0.05) is 13.1 Å². The first-order valence-corrected chi connectivity index (χ1v) is 6.29. The lowest BCUT2D eigenvalue weighted by molar-refractivity contribution is 0.395. The van der Waals surface area contributed by atoms with Crippen molar-refractivity contribution in [3.63, 3.8) is 0 Å². The van der Waals surface area contributed by atoms with E-state index in [1.165, 1.54) is 4.31 Å². The lowest BCUT2D eigenvalue weighted by Gasteiger charge is -2.15. The van der Waals surface area contributed by atoms with E-state index >= 15 is 0 Å². The van der Waals surface area contributed by atoms with Gasteiger partial charge in [-0.3, -0.25) is 0 Å². The predicted octanol–water partition coefficient (Wildman–Crippen LogP) is 1.41. The molecule has 0 aromatic heterocycles. The minimum Gasteiger partial charge on any atom is -0.371 e. The Hall–Kier alpha value is -1.07. The third-order valence-corrected chi connectivity index (χ3v) is 3.73. The van der Waals surface area contributed by atoms with Crippen LogP contribution in [0.1, 0.15) is 12.8 Å². The van der Waals surface area contributed by atoms with E-state index in [9.17, 15) is 8.42 Å². The van der Waals surface area contributed by atoms with Gasteiger partial charge in [0.05, 0.1) is 0 Å². The molecule has 1 aliphatic heterocycles. The Labute approximate surface area is 89.7 Å². The summed E-state index contributed by atoms with van der Waals surface area (Å²) < 4.78 is 29.8. The molecule has 0 amide bonds. The van der Waals surface area contributed by atoms with E-state index in [2.05, 4.69) is 0 Å². The van der Waals surface area contributed by atoms with Gasteiger partial charge in [-0.2, -0.15) is 12.7 Å². The van der Waals surface area contributed by atoms with E-state index in [1.807, 2.05) is 6.07 Å². The number of hydrogen-bond donors (Lipinski definition) is 0. The molecule has 0 spiro atoms. The van der Waals surface area contributed by atoms with Gasteiger partial charge in [0.15, 0.2) is 0 Å². The van der Waals surface area contributed by atoms with Gasteiger partial charge < -0.3 is 4.18 Å². The van der Waals surface area contributed by atoms with E-state index < -0.39 is 10.3 Å². The van der Waals surface area contributed by atoms with E-state index in [1.54, 1.807) is 24.3 Å². The molecular formula is C10H13NO3S. The average molecular weight is 227 g/mol. The van der Waals surface area contributed by atoms with Crippen LogP contribution in [0.4, 0.5) is 0 Å². The highest BCUT2D eigenvalue weighted by atomic mass is 32.2. The summed E-state index contributed by atoms with van der Waals surface area (Å²) in [7, 11) is -3.58. The van der Waals surface area contributed by atoms with Gasteiger partial charge in [-0.15, -0.1) is 0 Å². The van der Waals surface area contributed by atoms with Crippen LogP contribution in [0.2, 0.25) is 0 Å². The van der Waals surface area contributed by atoms with Crippen LogP contribution >= 0.6 is 0 Å². The highest BCUT2D eigenvalue weighted by Gasteiger charge is 2.26. The summed E-state index contributed by atoms with van der Waals surface area (Å²) in [5.74, 6) is 0.365. The molecule has 0 saturated carbocycles. The lowest BCUT2D eigenvalue weighted by Crippen LogP contribution is -2.31. The third kappa shape index (κ3) is 2.49. The van der Waals surface area contributed by atoms with Gasteiger partial charge in [-0.1, -0.05) is 18.2 Å². The molecule has 0 N–H and O–H groups in total. The maximum Gasteiger partial charge on any atom is 0.385 e. The quantitative estimate of drug-likeness (QED) is 0.784. The minimum absolute atomic E-state index is 0.365. The Bertz CT molecular complexity index is 410. The van der Waals surface area contributed by atoms with Crippen molar-refractivity contribution in [1.82, 2.24) is 4.31 Å².